The molecule has 2 aromatic heterocycles. The van der Waals surface area contributed by atoms with Gasteiger partial charge in [-0.25, -0.2) is 9.78 Å². The van der Waals surface area contributed by atoms with Gasteiger partial charge < -0.3 is 5.32 Å². The number of thioether (sulfide) groups is 1. The van der Waals surface area contributed by atoms with E-state index >= 15 is 0 Å². The second-order valence-electron chi connectivity index (χ2n) is 7.46. The summed E-state index contributed by atoms with van der Waals surface area (Å²) in [5, 5.41) is 6.43. The zero-order valence-corrected chi connectivity index (χ0v) is 18.8. The van der Waals surface area contributed by atoms with E-state index in [-0.39, 0.29) is 23.3 Å². The summed E-state index contributed by atoms with van der Waals surface area (Å²) in [6, 6.07) is -0.289. The van der Waals surface area contributed by atoms with Crippen molar-refractivity contribution in [3.63, 3.8) is 0 Å². The fourth-order valence-electron chi connectivity index (χ4n) is 3.52. The van der Waals surface area contributed by atoms with E-state index in [1.54, 1.807) is 4.57 Å². The fourth-order valence-corrected chi connectivity index (χ4v) is 5.41. The number of amides is 3. The third-order valence-electron chi connectivity index (χ3n) is 5.26. The third kappa shape index (κ3) is 5.19. The molecule has 2 N–H and O–H groups in total. The molecule has 9 heteroatoms. The minimum Gasteiger partial charge on any atom is -0.335 e. The lowest BCUT2D eigenvalue weighted by Gasteiger charge is -2.13. The van der Waals surface area contributed by atoms with Crippen LogP contribution in [-0.2, 0) is 11.3 Å². The van der Waals surface area contributed by atoms with Crippen molar-refractivity contribution in [2.75, 3.05) is 5.75 Å². The average molecular weight is 437 g/mol. The van der Waals surface area contributed by atoms with Gasteiger partial charge in [-0.2, -0.15) is 0 Å². The maximum Gasteiger partial charge on any atom is 0.321 e. The Labute approximate surface area is 178 Å². The minimum absolute atomic E-state index is 0.0332. The predicted octanol–water partition coefficient (Wildman–Crippen LogP) is 3.74. The molecule has 3 rings (SSSR count). The van der Waals surface area contributed by atoms with Crippen LogP contribution in [0.15, 0.2) is 9.95 Å². The van der Waals surface area contributed by atoms with Crippen molar-refractivity contribution in [2.45, 2.75) is 77.0 Å². The molecular formula is C20H28N4O3S2. The molecule has 1 fully saturated rings. The number of carbonyl (C=O) groups excluding carboxylic acids is 2. The van der Waals surface area contributed by atoms with Crippen LogP contribution >= 0.6 is 23.1 Å². The van der Waals surface area contributed by atoms with Crippen LogP contribution in [0.4, 0.5) is 4.79 Å². The first-order valence-electron chi connectivity index (χ1n) is 10.1. The normalized spacial score (nSPS) is 14.4. The van der Waals surface area contributed by atoms with Crippen LogP contribution in [0.1, 0.15) is 55.9 Å². The van der Waals surface area contributed by atoms with E-state index in [9.17, 15) is 14.4 Å². The quantitative estimate of drug-likeness (QED) is 0.509. The van der Waals surface area contributed by atoms with Gasteiger partial charge in [0.15, 0.2) is 5.16 Å². The Morgan fingerprint density at radius 1 is 1.28 bits per heavy atom. The molecule has 0 aliphatic heterocycles. The number of thiophene rings is 1. The molecule has 0 spiro atoms. The van der Waals surface area contributed by atoms with Crippen molar-refractivity contribution < 1.29 is 9.59 Å². The third-order valence-corrected chi connectivity index (χ3v) is 7.34. The van der Waals surface area contributed by atoms with Crippen LogP contribution < -0.4 is 16.2 Å². The van der Waals surface area contributed by atoms with Crippen LogP contribution in [0.3, 0.4) is 0 Å². The van der Waals surface area contributed by atoms with Gasteiger partial charge in [0.1, 0.15) is 4.83 Å². The highest BCUT2D eigenvalue weighted by Gasteiger charge is 2.20. The van der Waals surface area contributed by atoms with Crippen molar-refractivity contribution in [2.24, 2.45) is 0 Å². The molecule has 0 atom stereocenters. The highest BCUT2D eigenvalue weighted by atomic mass is 32.2. The molecule has 2 heterocycles. The van der Waals surface area contributed by atoms with Crippen molar-refractivity contribution in [3.05, 3.63) is 20.8 Å². The minimum atomic E-state index is -0.446. The number of imide groups is 1. The summed E-state index contributed by atoms with van der Waals surface area (Å²) in [5.74, 6) is -0.355. The maximum atomic E-state index is 13.1. The number of aromatic nitrogens is 2. The standard InChI is InChI=1S/C20H28N4O3S2/c1-4-5-10-24-18(26)16-12(2)13(3)29-17(16)23-20(24)28-11-15(25)22-19(27)21-14-8-6-7-9-14/h14H,4-11H2,1-3H3,(H2,21,22,25,27). The zero-order chi connectivity index (χ0) is 21.0. The van der Waals surface area contributed by atoms with Gasteiger partial charge in [-0.05, 0) is 38.7 Å². The zero-order valence-electron chi connectivity index (χ0n) is 17.2. The molecule has 1 saturated carbocycles. The number of nitrogens with one attached hydrogen (secondary N) is 2. The van der Waals surface area contributed by atoms with E-state index in [1.165, 1.54) is 23.1 Å². The number of nitrogens with zero attached hydrogens (tertiary/aromatic N) is 2. The molecule has 1 aliphatic carbocycles. The van der Waals surface area contributed by atoms with E-state index in [4.69, 9.17) is 0 Å². The van der Waals surface area contributed by atoms with Gasteiger partial charge in [0.25, 0.3) is 5.56 Å². The van der Waals surface area contributed by atoms with Gasteiger partial charge in [0.05, 0.1) is 11.1 Å². The Bertz CT molecular complexity index is 961. The van der Waals surface area contributed by atoms with Crippen LogP contribution in [0.5, 0.6) is 0 Å². The van der Waals surface area contributed by atoms with E-state index in [1.807, 2.05) is 13.8 Å². The number of fused-ring (bicyclic) bond motifs is 1. The van der Waals surface area contributed by atoms with Gasteiger partial charge >= 0.3 is 6.03 Å². The van der Waals surface area contributed by atoms with Crippen molar-refractivity contribution >= 4 is 45.3 Å². The number of hydrogen-bond donors (Lipinski definition) is 2. The summed E-state index contributed by atoms with van der Waals surface area (Å²) >= 11 is 2.70. The molecule has 7 nitrogen and oxygen atoms in total. The summed E-state index contributed by atoms with van der Waals surface area (Å²) in [7, 11) is 0. The van der Waals surface area contributed by atoms with Gasteiger partial charge in [0.2, 0.25) is 5.91 Å². The van der Waals surface area contributed by atoms with Gasteiger partial charge in [-0.15, -0.1) is 11.3 Å². The highest BCUT2D eigenvalue weighted by Crippen LogP contribution is 2.28. The lowest BCUT2D eigenvalue weighted by Crippen LogP contribution is -2.44. The largest absolute Gasteiger partial charge is 0.335 e. The monoisotopic (exact) mass is 436 g/mol. The average Bonchev–Trinajstić information content (AvgIpc) is 3.27. The summed E-state index contributed by atoms with van der Waals surface area (Å²) < 4.78 is 1.67. The summed E-state index contributed by atoms with van der Waals surface area (Å²) in [5.41, 5.74) is 0.929. The molecule has 1 aliphatic rings. The van der Waals surface area contributed by atoms with Crippen LogP contribution in [-0.4, -0.2) is 33.3 Å². The topological polar surface area (TPSA) is 93.1 Å². The van der Waals surface area contributed by atoms with Crippen LogP contribution in [0.25, 0.3) is 10.2 Å². The SMILES string of the molecule is CCCCn1c(SCC(=O)NC(=O)NC2CCCC2)nc2sc(C)c(C)c2c1=O. The number of aryl methyl sites for hydroxylation is 2. The molecule has 158 valence electrons. The summed E-state index contributed by atoms with van der Waals surface area (Å²) in [6.45, 7) is 6.57. The second kappa shape index (κ2) is 9.75. The van der Waals surface area contributed by atoms with Crippen LogP contribution in [0.2, 0.25) is 0 Å². The Kier molecular flexibility index (Phi) is 7.34. The first kappa shape index (κ1) is 21.8. The van der Waals surface area contributed by atoms with E-state index in [0.29, 0.717) is 21.9 Å². The number of urea groups is 1. The van der Waals surface area contributed by atoms with Crippen LogP contribution in [0, 0.1) is 13.8 Å². The lowest BCUT2D eigenvalue weighted by molar-refractivity contribution is -0.117. The fraction of sp³-hybridized carbons (Fsp3) is 0.600. The molecular weight excluding hydrogens is 408 g/mol. The first-order valence-corrected chi connectivity index (χ1v) is 11.9. The Morgan fingerprint density at radius 2 is 2.00 bits per heavy atom. The highest BCUT2D eigenvalue weighted by molar-refractivity contribution is 7.99. The Balaban J connectivity index is 1.71. The molecule has 3 amide bonds. The van der Waals surface area contributed by atoms with E-state index < -0.39 is 6.03 Å². The van der Waals surface area contributed by atoms with E-state index in [2.05, 4.69) is 22.5 Å². The van der Waals surface area contributed by atoms with E-state index in [0.717, 1.165) is 49.0 Å². The Hall–Kier alpha value is -1.87. The molecule has 29 heavy (non-hydrogen) atoms. The Morgan fingerprint density at radius 3 is 2.69 bits per heavy atom. The number of rotatable bonds is 7. The van der Waals surface area contributed by atoms with Gasteiger partial charge in [-0.3, -0.25) is 19.5 Å². The maximum absolute atomic E-state index is 13.1. The molecule has 0 bridgehead atoms. The predicted molar refractivity (Wildman–Crippen MR) is 118 cm³/mol. The molecule has 2 aromatic rings. The van der Waals surface area contributed by atoms with Crippen molar-refractivity contribution in [1.29, 1.82) is 0 Å². The van der Waals surface area contributed by atoms with Gasteiger partial charge in [-0.1, -0.05) is 37.9 Å². The lowest BCUT2D eigenvalue weighted by atomic mass is 10.2. The molecule has 0 radical (unpaired) electrons. The smallest absolute Gasteiger partial charge is 0.321 e. The summed E-state index contributed by atoms with van der Waals surface area (Å²) in [4.78, 5) is 43.7. The molecule has 0 aromatic carbocycles. The molecule has 0 saturated heterocycles. The first-order chi connectivity index (χ1) is 13.9. The number of hydrogen-bond acceptors (Lipinski definition) is 6. The summed E-state index contributed by atoms with van der Waals surface area (Å²) in [6.07, 6.45) is 5.96. The molecule has 0 unspecified atom stereocenters. The second-order valence-corrected chi connectivity index (χ2v) is 9.61. The number of unbranched alkanes of at least 4 members (excludes halogenated alkanes) is 1. The van der Waals surface area contributed by atoms with Crippen molar-refractivity contribution in [1.82, 2.24) is 20.2 Å². The van der Waals surface area contributed by atoms with Gasteiger partial charge in [0, 0.05) is 17.5 Å². The van der Waals surface area contributed by atoms with Crippen molar-refractivity contribution in [3.8, 4) is 0 Å². The number of carbonyl (C=O) groups is 2.